The van der Waals surface area contributed by atoms with Gasteiger partial charge in [-0.05, 0) is 25.7 Å². The van der Waals surface area contributed by atoms with E-state index in [9.17, 15) is 9.59 Å². The van der Waals surface area contributed by atoms with Crippen LogP contribution < -0.4 is 5.32 Å². The minimum absolute atomic E-state index is 0.155. The van der Waals surface area contributed by atoms with E-state index >= 15 is 0 Å². The Labute approximate surface area is 94.2 Å². The number of carbonyl (C=O) groups is 2. The van der Waals surface area contributed by atoms with Crippen LogP contribution in [-0.4, -0.2) is 52.9 Å². The first-order valence-electron chi connectivity index (χ1n) is 5.35. The fraction of sp³-hybridized carbons (Fsp3) is 0.800. The average Bonchev–Trinajstić information content (AvgIpc) is 3.06. The number of aliphatic carboxylic acids is 1. The highest BCUT2D eigenvalue weighted by molar-refractivity contribution is 5.76. The molecule has 3 N–H and O–H groups in total. The lowest BCUT2D eigenvalue weighted by Crippen LogP contribution is -2.46. The molecule has 1 saturated carbocycles. The molecular formula is C10H18N2O4. The Morgan fingerprint density at radius 2 is 2.06 bits per heavy atom. The zero-order valence-corrected chi connectivity index (χ0v) is 9.51. The Hall–Kier alpha value is -1.30. The summed E-state index contributed by atoms with van der Waals surface area (Å²) in [4.78, 5) is 23.4. The van der Waals surface area contributed by atoms with Crippen LogP contribution in [0.15, 0.2) is 0 Å². The first kappa shape index (κ1) is 12.8. The largest absolute Gasteiger partial charge is 0.479 e. The lowest BCUT2D eigenvalue weighted by molar-refractivity contribution is -0.146. The van der Waals surface area contributed by atoms with E-state index in [-0.39, 0.29) is 18.6 Å². The highest BCUT2D eigenvalue weighted by Crippen LogP contribution is 2.34. The molecule has 0 saturated heterocycles. The van der Waals surface area contributed by atoms with Crippen molar-refractivity contribution in [3.63, 3.8) is 0 Å². The van der Waals surface area contributed by atoms with Gasteiger partial charge in [0.1, 0.15) is 0 Å². The predicted octanol–water partition coefficient (Wildman–Crippen LogP) is -0.128. The van der Waals surface area contributed by atoms with Crippen molar-refractivity contribution in [2.24, 2.45) is 5.92 Å². The van der Waals surface area contributed by atoms with Crippen molar-refractivity contribution in [3.8, 4) is 0 Å². The summed E-state index contributed by atoms with van der Waals surface area (Å²) >= 11 is 0. The smallest absolute Gasteiger partial charge is 0.334 e. The van der Waals surface area contributed by atoms with Crippen LogP contribution in [0.25, 0.3) is 0 Å². The van der Waals surface area contributed by atoms with Crippen LogP contribution in [0.1, 0.15) is 19.8 Å². The summed E-state index contributed by atoms with van der Waals surface area (Å²) in [5, 5.41) is 19.8. The standard InChI is InChI=1S/C10H18N2O4/c1-6(7-3-4-7)12(2)10(16)11-5-8(13)9(14)15/h6-8,13H,3-5H2,1-2H3,(H,11,16)(H,14,15)/t6?,8-/m0/s1. The van der Waals surface area contributed by atoms with Crippen molar-refractivity contribution in [3.05, 3.63) is 0 Å². The number of hydrogen-bond acceptors (Lipinski definition) is 3. The number of hydrogen-bond donors (Lipinski definition) is 3. The maximum absolute atomic E-state index is 11.6. The van der Waals surface area contributed by atoms with Gasteiger partial charge in [0.25, 0.3) is 0 Å². The molecule has 2 amide bonds. The maximum atomic E-state index is 11.6. The van der Waals surface area contributed by atoms with Crippen LogP contribution in [-0.2, 0) is 4.79 Å². The summed E-state index contributed by atoms with van der Waals surface area (Å²) in [6, 6.07) is -0.193. The van der Waals surface area contributed by atoms with Gasteiger partial charge in [0.15, 0.2) is 6.10 Å². The van der Waals surface area contributed by atoms with Crippen LogP contribution in [0.5, 0.6) is 0 Å². The van der Waals surface area contributed by atoms with Crippen molar-refractivity contribution in [1.29, 1.82) is 0 Å². The molecule has 1 fully saturated rings. The van der Waals surface area contributed by atoms with Crippen LogP contribution >= 0.6 is 0 Å². The molecule has 1 unspecified atom stereocenters. The van der Waals surface area contributed by atoms with Gasteiger partial charge in [0, 0.05) is 13.1 Å². The van der Waals surface area contributed by atoms with Gasteiger partial charge in [0.2, 0.25) is 0 Å². The third-order valence-corrected chi connectivity index (χ3v) is 2.97. The molecule has 6 nitrogen and oxygen atoms in total. The summed E-state index contributed by atoms with van der Waals surface area (Å²) in [6.07, 6.45) is 0.723. The van der Waals surface area contributed by atoms with Crippen molar-refractivity contribution >= 4 is 12.0 Å². The number of carbonyl (C=O) groups excluding carboxylic acids is 1. The number of carboxylic acids is 1. The average molecular weight is 230 g/mol. The van der Waals surface area contributed by atoms with E-state index in [1.54, 1.807) is 11.9 Å². The Morgan fingerprint density at radius 3 is 2.50 bits per heavy atom. The fourth-order valence-corrected chi connectivity index (χ4v) is 1.48. The molecule has 2 atom stereocenters. The van der Waals surface area contributed by atoms with E-state index in [0.29, 0.717) is 5.92 Å². The molecule has 0 spiro atoms. The normalized spacial score (nSPS) is 18.7. The highest BCUT2D eigenvalue weighted by atomic mass is 16.4. The first-order valence-corrected chi connectivity index (χ1v) is 5.35. The van der Waals surface area contributed by atoms with Gasteiger partial charge >= 0.3 is 12.0 Å². The summed E-state index contributed by atoms with van der Waals surface area (Å²) in [7, 11) is 1.67. The van der Waals surface area contributed by atoms with Crippen LogP contribution in [0.2, 0.25) is 0 Å². The van der Waals surface area contributed by atoms with Gasteiger partial charge in [-0.15, -0.1) is 0 Å². The fourth-order valence-electron chi connectivity index (χ4n) is 1.48. The van der Waals surface area contributed by atoms with Crippen LogP contribution in [0, 0.1) is 5.92 Å². The molecule has 1 aliphatic carbocycles. The molecule has 0 aromatic rings. The van der Waals surface area contributed by atoms with Gasteiger partial charge in [-0.2, -0.15) is 0 Å². The minimum atomic E-state index is -1.55. The molecule has 0 aromatic carbocycles. The second kappa shape index (κ2) is 5.16. The van der Waals surface area contributed by atoms with Crippen molar-refractivity contribution in [2.75, 3.05) is 13.6 Å². The van der Waals surface area contributed by atoms with Crippen molar-refractivity contribution < 1.29 is 19.8 Å². The topological polar surface area (TPSA) is 89.9 Å². The highest BCUT2D eigenvalue weighted by Gasteiger charge is 2.32. The Morgan fingerprint density at radius 1 is 1.50 bits per heavy atom. The number of nitrogens with zero attached hydrogens (tertiary/aromatic N) is 1. The summed E-state index contributed by atoms with van der Waals surface area (Å²) < 4.78 is 0. The van der Waals surface area contributed by atoms with E-state index in [1.165, 1.54) is 0 Å². The monoisotopic (exact) mass is 230 g/mol. The molecule has 0 aromatic heterocycles. The SMILES string of the molecule is CC(C1CC1)N(C)C(=O)NC[C@H](O)C(=O)O. The number of rotatable bonds is 5. The minimum Gasteiger partial charge on any atom is -0.479 e. The van der Waals surface area contributed by atoms with E-state index in [4.69, 9.17) is 10.2 Å². The summed E-state index contributed by atoms with van der Waals surface area (Å²) in [5.74, 6) is -0.779. The van der Waals surface area contributed by atoms with E-state index in [2.05, 4.69) is 5.32 Å². The lowest BCUT2D eigenvalue weighted by Gasteiger charge is -2.25. The number of amides is 2. The number of aliphatic hydroxyl groups is 1. The van der Waals surface area contributed by atoms with Gasteiger partial charge < -0.3 is 20.4 Å². The molecule has 0 radical (unpaired) electrons. The third-order valence-electron chi connectivity index (χ3n) is 2.97. The van der Waals surface area contributed by atoms with Gasteiger partial charge in [-0.3, -0.25) is 0 Å². The molecule has 16 heavy (non-hydrogen) atoms. The Balaban J connectivity index is 2.30. The quantitative estimate of drug-likeness (QED) is 0.613. The maximum Gasteiger partial charge on any atom is 0.334 e. The second-order valence-electron chi connectivity index (χ2n) is 4.23. The first-order chi connectivity index (χ1) is 7.43. The van der Waals surface area contributed by atoms with E-state index in [0.717, 1.165) is 12.8 Å². The molecule has 1 rings (SSSR count). The molecule has 6 heteroatoms. The van der Waals surface area contributed by atoms with Crippen molar-refractivity contribution in [2.45, 2.75) is 31.9 Å². The van der Waals surface area contributed by atoms with E-state index in [1.807, 2.05) is 6.92 Å². The van der Waals surface area contributed by atoms with Gasteiger partial charge in [-0.1, -0.05) is 0 Å². The Bertz CT molecular complexity index is 278. The zero-order chi connectivity index (χ0) is 12.3. The summed E-state index contributed by atoms with van der Waals surface area (Å²) in [5.41, 5.74) is 0. The number of aliphatic hydroxyl groups excluding tert-OH is 1. The summed E-state index contributed by atoms with van der Waals surface area (Å²) in [6.45, 7) is 1.70. The molecule has 0 aliphatic heterocycles. The molecular weight excluding hydrogens is 212 g/mol. The van der Waals surface area contributed by atoms with E-state index < -0.39 is 12.1 Å². The third kappa shape index (κ3) is 3.37. The molecule has 0 bridgehead atoms. The van der Waals surface area contributed by atoms with Gasteiger partial charge in [-0.25, -0.2) is 9.59 Å². The number of urea groups is 1. The molecule has 1 aliphatic rings. The van der Waals surface area contributed by atoms with Crippen molar-refractivity contribution in [1.82, 2.24) is 10.2 Å². The van der Waals surface area contributed by atoms with Crippen LogP contribution in [0.3, 0.4) is 0 Å². The Kier molecular flexibility index (Phi) is 4.12. The molecule has 92 valence electrons. The second-order valence-corrected chi connectivity index (χ2v) is 4.23. The lowest BCUT2D eigenvalue weighted by atomic mass is 10.2. The van der Waals surface area contributed by atoms with Crippen LogP contribution in [0.4, 0.5) is 4.79 Å². The molecule has 0 heterocycles. The predicted molar refractivity (Wildman–Crippen MR) is 57.0 cm³/mol. The number of carboxylic acid groups (broad SMARTS) is 1. The van der Waals surface area contributed by atoms with Gasteiger partial charge in [0.05, 0.1) is 6.54 Å². The zero-order valence-electron chi connectivity index (χ0n) is 9.51. The number of nitrogens with one attached hydrogen (secondary N) is 1.